The quantitative estimate of drug-likeness (QED) is 0.783. The molecule has 1 aromatic carbocycles. The van der Waals surface area contributed by atoms with E-state index in [4.69, 9.17) is 4.74 Å². The summed E-state index contributed by atoms with van der Waals surface area (Å²) in [5.74, 6) is 0.647. The van der Waals surface area contributed by atoms with Crippen molar-refractivity contribution in [1.82, 2.24) is 15.5 Å². The number of H-pyrrole nitrogens is 1. The second kappa shape index (κ2) is 7.49. The number of aromatic amines is 1. The molecule has 0 spiro atoms. The number of nitrogens with zero attached hydrogens (tertiary/aromatic N) is 1. The van der Waals surface area contributed by atoms with Crippen LogP contribution in [0.2, 0.25) is 0 Å². The Labute approximate surface area is 141 Å². The average Bonchev–Trinajstić information content (AvgIpc) is 3.06. The largest absolute Gasteiger partial charge is 0.497 e. The Balaban J connectivity index is 1.59. The molecule has 1 heterocycles. The molecule has 6 nitrogen and oxygen atoms in total. The molecule has 128 valence electrons. The van der Waals surface area contributed by atoms with Crippen molar-refractivity contribution in [3.8, 4) is 5.75 Å². The highest BCUT2D eigenvalue weighted by molar-refractivity contribution is 5.92. The number of ether oxygens (including phenoxy) is 1. The van der Waals surface area contributed by atoms with E-state index in [1.807, 2.05) is 24.3 Å². The van der Waals surface area contributed by atoms with Crippen LogP contribution in [0.15, 0.2) is 30.3 Å². The summed E-state index contributed by atoms with van der Waals surface area (Å²) in [5.41, 5.74) is 2.37. The number of benzene rings is 1. The topological polar surface area (TPSA) is 87.2 Å². The Kier molecular flexibility index (Phi) is 5.15. The number of aromatic nitrogens is 2. The van der Waals surface area contributed by atoms with Gasteiger partial charge in [-0.05, 0) is 49.4 Å². The minimum absolute atomic E-state index is 0.124. The van der Waals surface area contributed by atoms with Gasteiger partial charge in [0.1, 0.15) is 11.4 Å². The van der Waals surface area contributed by atoms with E-state index < -0.39 is 0 Å². The maximum Gasteiger partial charge on any atom is 0.271 e. The van der Waals surface area contributed by atoms with Gasteiger partial charge in [-0.15, -0.1) is 0 Å². The van der Waals surface area contributed by atoms with Crippen LogP contribution in [0, 0.1) is 0 Å². The van der Waals surface area contributed by atoms with Crippen molar-refractivity contribution >= 4 is 5.91 Å². The predicted octanol–water partition coefficient (Wildman–Crippen LogP) is 2.04. The highest BCUT2D eigenvalue weighted by atomic mass is 16.5. The second-order valence-corrected chi connectivity index (χ2v) is 6.29. The molecule has 1 aliphatic rings. The third-order valence-corrected chi connectivity index (χ3v) is 4.42. The predicted molar refractivity (Wildman–Crippen MR) is 90.1 cm³/mol. The molecule has 3 N–H and O–H groups in total. The lowest BCUT2D eigenvalue weighted by atomic mass is 9.93. The van der Waals surface area contributed by atoms with E-state index in [1.54, 1.807) is 13.2 Å². The number of hydrogen-bond acceptors (Lipinski definition) is 4. The van der Waals surface area contributed by atoms with Crippen LogP contribution >= 0.6 is 0 Å². The molecular formula is C18H23N3O3. The number of rotatable bonds is 5. The number of methoxy groups -OCH3 is 1. The molecule has 0 unspecified atom stereocenters. The maximum absolute atomic E-state index is 12.3. The maximum atomic E-state index is 12.3. The molecule has 0 aliphatic heterocycles. The standard InChI is InChI=1S/C18H23N3O3/c1-24-16-4-2-3-12(10-16)9-14-11-17(21-20-14)18(23)19-13-5-7-15(22)8-6-13/h2-4,10-11,13,15,22H,5-9H2,1H3,(H,19,23)(H,20,21). The summed E-state index contributed by atoms with van der Waals surface area (Å²) in [6.07, 6.45) is 3.55. The van der Waals surface area contributed by atoms with Crippen molar-refractivity contribution in [2.75, 3.05) is 7.11 Å². The third kappa shape index (κ3) is 4.14. The van der Waals surface area contributed by atoms with Crippen LogP contribution in [0.3, 0.4) is 0 Å². The molecule has 0 radical (unpaired) electrons. The van der Waals surface area contributed by atoms with Gasteiger partial charge in [0.2, 0.25) is 0 Å². The van der Waals surface area contributed by atoms with Crippen LogP contribution in [0.1, 0.15) is 47.4 Å². The Hall–Kier alpha value is -2.34. The molecule has 0 atom stereocenters. The van der Waals surface area contributed by atoms with Crippen molar-refractivity contribution in [2.24, 2.45) is 0 Å². The molecule has 24 heavy (non-hydrogen) atoms. The number of carbonyl (C=O) groups is 1. The summed E-state index contributed by atoms with van der Waals surface area (Å²) in [6.45, 7) is 0. The van der Waals surface area contributed by atoms with E-state index in [-0.39, 0.29) is 18.1 Å². The van der Waals surface area contributed by atoms with Crippen LogP contribution in [0.5, 0.6) is 5.75 Å². The fraction of sp³-hybridized carbons (Fsp3) is 0.444. The SMILES string of the molecule is COc1cccc(Cc2cc(C(=O)NC3CCC(O)CC3)n[nH]2)c1. The van der Waals surface area contributed by atoms with Crippen LogP contribution in [0.4, 0.5) is 0 Å². The van der Waals surface area contributed by atoms with Gasteiger partial charge >= 0.3 is 0 Å². The van der Waals surface area contributed by atoms with E-state index >= 15 is 0 Å². The van der Waals surface area contributed by atoms with Gasteiger partial charge < -0.3 is 15.2 Å². The van der Waals surface area contributed by atoms with Crippen LogP contribution in [-0.4, -0.2) is 40.5 Å². The molecule has 1 fully saturated rings. The number of nitrogens with one attached hydrogen (secondary N) is 2. The third-order valence-electron chi connectivity index (χ3n) is 4.42. The summed E-state index contributed by atoms with van der Waals surface area (Å²) in [7, 11) is 1.64. The van der Waals surface area contributed by atoms with E-state index in [2.05, 4.69) is 15.5 Å². The fourth-order valence-corrected chi connectivity index (χ4v) is 3.05. The summed E-state index contributed by atoms with van der Waals surface area (Å²) in [6, 6.07) is 9.72. The Morgan fingerprint density at radius 1 is 1.33 bits per heavy atom. The first kappa shape index (κ1) is 16.5. The van der Waals surface area contributed by atoms with Crippen molar-refractivity contribution < 1.29 is 14.6 Å². The summed E-state index contributed by atoms with van der Waals surface area (Å²) in [5, 5.41) is 19.6. The number of carbonyl (C=O) groups excluding carboxylic acids is 1. The highest BCUT2D eigenvalue weighted by Gasteiger charge is 2.22. The van der Waals surface area contributed by atoms with Gasteiger partial charge in [-0.2, -0.15) is 5.10 Å². The van der Waals surface area contributed by atoms with Crippen LogP contribution in [-0.2, 0) is 6.42 Å². The Bertz CT molecular complexity index is 690. The molecular weight excluding hydrogens is 306 g/mol. The van der Waals surface area contributed by atoms with E-state index in [1.165, 1.54) is 0 Å². The first-order chi connectivity index (χ1) is 11.6. The normalized spacial score (nSPS) is 20.6. The average molecular weight is 329 g/mol. The molecule has 0 saturated heterocycles. The Morgan fingerprint density at radius 2 is 2.12 bits per heavy atom. The lowest BCUT2D eigenvalue weighted by Gasteiger charge is -2.25. The molecule has 1 amide bonds. The lowest BCUT2D eigenvalue weighted by Crippen LogP contribution is -2.38. The van der Waals surface area contributed by atoms with Gasteiger partial charge in [0.25, 0.3) is 5.91 Å². The van der Waals surface area contributed by atoms with E-state index in [0.717, 1.165) is 42.7 Å². The van der Waals surface area contributed by atoms with Gasteiger partial charge in [0.05, 0.1) is 13.2 Å². The highest BCUT2D eigenvalue weighted by Crippen LogP contribution is 2.19. The summed E-state index contributed by atoms with van der Waals surface area (Å²) >= 11 is 0. The van der Waals surface area contributed by atoms with Crippen molar-refractivity contribution in [1.29, 1.82) is 0 Å². The zero-order valence-corrected chi connectivity index (χ0v) is 13.8. The van der Waals surface area contributed by atoms with Crippen LogP contribution in [0.25, 0.3) is 0 Å². The van der Waals surface area contributed by atoms with Crippen LogP contribution < -0.4 is 10.1 Å². The van der Waals surface area contributed by atoms with Gasteiger partial charge in [0, 0.05) is 18.2 Å². The van der Waals surface area contributed by atoms with E-state index in [9.17, 15) is 9.90 Å². The smallest absolute Gasteiger partial charge is 0.271 e. The molecule has 6 heteroatoms. The first-order valence-corrected chi connectivity index (χ1v) is 8.30. The van der Waals surface area contributed by atoms with Gasteiger partial charge in [0.15, 0.2) is 0 Å². The molecule has 1 saturated carbocycles. The zero-order chi connectivity index (χ0) is 16.9. The number of amides is 1. The molecule has 1 aliphatic carbocycles. The van der Waals surface area contributed by atoms with Crippen molar-refractivity contribution in [3.63, 3.8) is 0 Å². The first-order valence-electron chi connectivity index (χ1n) is 8.30. The molecule has 0 bridgehead atoms. The number of aliphatic hydroxyl groups excluding tert-OH is 1. The molecule has 3 rings (SSSR count). The summed E-state index contributed by atoms with van der Waals surface area (Å²) < 4.78 is 5.22. The minimum Gasteiger partial charge on any atom is -0.497 e. The lowest BCUT2D eigenvalue weighted by molar-refractivity contribution is 0.0863. The monoisotopic (exact) mass is 329 g/mol. The summed E-state index contributed by atoms with van der Waals surface area (Å²) in [4.78, 5) is 12.3. The molecule has 2 aromatic rings. The fourth-order valence-electron chi connectivity index (χ4n) is 3.05. The van der Waals surface area contributed by atoms with Gasteiger partial charge in [-0.25, -0.2) is 0 Å². The second-order valence-electron chi connectivity index (χ2n) is 6.29. The van der Waals surface area contributed by atoms with Crippen molar-refractivity contribution in [3.05, 3.63) is 47.3 Å². The Morgan fingerprint density at radius 3 is 2.88 bits per heavy atom. The zero-order valence-electron chi connectivity index (χ0n) is 13.8. The molecule has 1 aromatic heterocycles. The van der Waals surface area contributed by atoms with Crippen molar-refractivity contribution in [2.45, 2.75) is 44.2 Å². The van der Waals surface area contributed by atoms with Gasteiger partial charge in [-0.1, -0.05) is 12.1 Å². The van der Waals surface area contributed by atoms with Gasteiger partial charge in [-0.3, -0.25) is 9.89 Å². The number of hydrogen-bond donors (Lipinski definition) is 3. The number of aliphatic hydroxyl groups is 1. The minimum atomic E-state index is -0.224. The van der Waals surface area contributed by atoms with E-state index in [0.29, 0.717) is 12.1 Å².